The summed E-state index contributed by atoms with van der Waals surface area (Å²) in [4.78, 5) is 31.9. The zero-order chi connectivity index (χ0) is 23.8. The van der Waals surface area contributed by atoms with Crippen LogP contribution < -0.4 is 10.2 Å². The maximum Gasteiger partial charge on any atom is 0.230 e. The fourth-order valence-corrected chi connectivity index (χ4v) is 4.42. The molecule has 2 aromatic carbocycles. The van der Waals surface area contributed by atoms with Gasteiger partial charge >= 0.3 is 0 Å². The molecule has 0 unspecified atom stereocenters. The number of halogens is 1. The van der Waals surface area contributed by atoms with Crippen molar-refractivity contribution in [1.29, 1.82) is 0 Å². The lowest BCUT2D eigenvalue weighted by molar-refractivity contribution is -0.122. The molecule has 0 atom stereocenters. The van der Waals surface area contributed by atoms with Crippen molar-refractivity contribution in [2.24, 2.45) is 5.92 Å². The third kappa shape index (κ3) is 6.50. The van der Waals surface area contributed by atoms with Crippen LogP contribution in [-0.2, 0) is 29.0 Å². The van der Waals surface area contributed by atoms with Crippen LogP contribution in [0.4, 0.5) is 10.1 Å². The first-order chi connectivity index (χ1) is 16.6. The Morgan fingerprint density at radius 2 is 1.76 bits per heavy atom. The summed E-state index contributed by atoms with van der Waals surface area (Å²) in [6.45, 7) is 0.891. The Labute approximate surface area is 200 Å². The van der Waals surface area contributed by atoms with Crippen LogP contribution in [0, 0.1) is 11.7 Å². The van der Waals surface area contributed by atoms with Gasteiger partial charge in [0, 0.05) is 36.5 Å². The van der Waals surface area contributed by atoms with E-state index in [1.807, 2.05) is 42.5 Å². The first-order valence-corrected chi connectivity index (χ1v) is 11.9. The summed E-state index contributed by atoms with van der Waals surface area (Å²) >= 11 is 0. The van der Waals surface area contributed by atoms with E-state index in [9.17, 15) is 14.0 Å². The second-order valence-corrected chi connectivity index (χ2v) is 8.80. The molecule has 4 rings (SSSR count). The summed E-state index contributed by atoms with van der Waals surface area (Å²) in [6, 6.07) is 19.6. The topological polar surface area (TPSA) is 62.3 Å². The van der Waals surface area contributed by atoms with Crippen LogP contribution in [0.1, 0.15) is 42.5 Å². The van der Waals surface area contributed by atoms with Gasteiger partial charge in [-0.2, -0.15) is 0 Å². The molecule has 5 nitrogen and oxygen atoms in total. The van der Waals surface area contributed by atoms with Gasteiger partial charge in [-0.25, -0.2) is 4.39 Å². The largest absolute Gasteiger partial charge is 0.355 e. The van der Waals surface area contributed by atoms with E-state index < -0.39 is 0 Å². The number of hydrogen-bond acceptors (Lipinski definition) is 3. The van der Waals surface area contributed by atoms with Gasteiger partial charge in [0.2, 0.25) is 11.8 Å². The molecule has 176 valence electrons. The standard InChI is InChI=1S/C28H30FN3O2/c29-24-13-11-21(12-14-24)20-32(28(34)23-7-1-2-8-23)26-10-5-6-22(18-26)19-27(33)31-17-15-25-9-3-4-16-30-25/h3-6,9-14,16,18,23H,1-2,7-8,15,17,19-20H2,(H,31,33). The minimum Gasteiger partial charge on any atom is -0.355 e. The van der Waals surface area contributed by atoms with Crippen molar-refractivity contribution in [2.45, 2.75) is 45.1 Å². The van der Waals surface area contributed by atoms with Crippen LogP contribution in [-0.4, -0.2) is 23.3 Å². The second-order valence-electron chi connectivity index (χ2n) is 8.80. The molecule has 1 aromatic heterocycles. The first kappa shape index (κ1) is 23.6. The number of carbonyl (C=O) groups excluding carboxylic acids is 2. The van der Waals surface area contributed by atoms with Gasteiger partial charge in [-0.3, -0.25) is 14.6 Å². The van der Waals surface area contributed by atoms with Gasteiger partial charge in [-0.1, -0.05) is 43.2 Å². The van der Waals surface area contributed by atoms with Gasteiger partial charge in [-0.15, -0.1) is 0 Å². The molecule has 3 aromatic rings. The van der Waals surface area contributed by atoms with E-state index in [4.69, 9.17) is 0 Å². The molecule has 0 spiro atoms. The van der Waals surface area contributed by atoms with Crippen molar-refractivity contribution in [3.8, 4) is 0 Å². The van der Waals surface area contributed by atoms with Gasteiger partial charge < -0.3 is 10.2 Å². The van der Waals surface area contributed by atoms with E-state index >= 15 is 0 Å². The zero-order valence-electron chi connectivity index (χ0n) is 19.3. The summed E-state index contributed by atoms with van der Waals surface area (Å²) in [5, 5.41) is 2.95. The highest BCUT2D eigenvalue weighted by Gasteiger charge is 2.28. The van der Waals surface area contributed by atoms with E-state index in [2.05, 4.69) is 10.3 Å². The van der Waals surface area contributed by atoms with E-state index in [1.165, 1.54) is 12.1 Å². The number of rotatable bonds is 9. The van der Waals surface area contributed by atoms with Crippen molar-refractivity contribution >= 4 is 17.5 Å². The summed E-state index contributed by atoms with van der Waals surface area (Å²) in [7, 11) is 0. The molecule has 1 aliphatic carbocycles. The molecule has 0 saturated heterocycles. The Morgan fingerprint density at radius 1 is 0.971 bits per heavy atom. The number of hydrogen-bond donors (Lipinski definition) is 1. The maximum atomic E-state index is 13.4. The van der Waals surface area contributed by atoms with Crippen LogP contribution in [0.2, 0.25) is 0 Å². The lowest BCUT2D eigenvalue weighted by Crippen LogP contribution is -2.35. The molecule has 1 fully saturated rings. The third-order valence-corrected chi connectivity index (χ3v) is 6.24. The highest BCUT2D eigenvalue weighted by atomic mass is 19.1. The number of nitrogens with one attached hydrogen (secondary N) is 1. The Morgan fingerprint density at radius 3 is 2.50 bits per heavy atom. The van der Waals surface area contributed by atoms with Crippen molar-refractivity contribution in [2.75, 3.05) is 11.4 Å². The molecule has 34 heavy (non-hydrogen) atoms. The number of nitrogens with zero attached hydrogens (tertiary/aromatic N) is 2. The summed E-state index contributed by atoms with van der Waals surface area (Å²) < 4.78 is 13.4. The Kier molecular flexibility index (Phi) is 8.02. The third-order valence-electron chi connectivity index (χ3n) is 6.24. The lowest BCUT2D eigenvalue weighted by atomic mass is 10.0. The fourth-order valence-electron chi connectivity index (χ4n) is 4.42. The van der Waals surface area contributed by atoms with Gasteiger partial charge in [0.05, 0.1) is 13.0 Å². The molecule has 0 aliphatic heterocycles. The van der Waals surface area contributed by atoms with E-state index in [1.54, 1.807) is 23.2 Å². The van der Waals surface area contributed by atoms with Gasteiger partial charge in [0.15, 0.2) is 0 Å². The van der Waals surface area contributed by atoms with Crippen LogP contribution in [0.25, 0.3) is 0 Å². The average Bonchev–Trinajstić information content (AvgIpc) is 3.39. The first-order valence-electron chi connectivity index (χ1n) is 11.9. The lowest BCUT2D eigenvalue weighted by Gasteiger charge is -2.26. The van der Waals surface area contributed by atoms with E-state index in [0.717, 1.165) is 48.2 Å². The quantitative estimate of drug-likeness (QED) is 0.498. The van der Waals surface area contributed by atoms with Crippen LogP contribution in [0.3, 0.4) is 0 Å². The summed E-state index contributed by atoms with van der Waals surface area (Å²) in [5.74, 6) is -0.258. The molecular weight excluding hydrogens is 429 g/mol. The normalized spacial score (nSPS) is 13.6. The molecule has 1 N–H and O–H groups in total. The predicted molar refractivity (Wildman–Crippen MR) is 131 cm³/mol. The monoisotopic (exact) mass is 459 g/mol. The number of benzene rings is 2. The SMILES string of the molecule is O=C(Cc1cccc(N(Cc2ccc(F)cc2)C(=O)C2CCCC2)c1)NCCc1ccccn1. The fraction of sp³-hybridized carbons (Fsp3) is 0.321. The Bertz CT molecular complexity index is 1100. The minimum absolute atomic E-state index is 0.0130. The molecule has 1 saturated carbocycles. The number of aromatic nitrogens is 1. The maximum absolute atomic E-state index is 13.4. The number of carbonyl (C=O) groups is 2. The Hall–Kier alpha value is -3.54. The Balaban J connectivity index is 1.44. The second kappa shape index (κ2) is 11.5. The molecule has 1 heterocycles. The number of pyridine rings is 1. The van der Waals surface area contributed by atoms with E-state index in [-0.39, 0.29) is 30.0 Å². The molecule has 0 radical (unpaired) electrons. The number of anilines is 1. The molecule has 2 amide bonds. The molecular formula is C28H30FN3O2. The van der Waals surface area contributed by atoms with Crippen molar-refractivity contribution < 1.29 is 14.0 Å². The zero-order valence-corrected chi connectivity index (χ0v) is 19.3. The van der Waals surface area contributed by atoms with Crippen LogP contribution in [0.15, 0.2) is 72.9 Å². The van der Waals surface area contributed by atoms with Crippen LogP contribution >= 0.6 is 0 Å². The van der Waals surface area contributed by atoms with Gasteiger partial charge in [-0.05, 0) is 60.4 Å². The predicted octanol–water partition coefficient (Wildman–Crippen LogP) is 4.85. The van der Waals surface area contributed by atoms with Gasteiger partial charge in [0.1, 0.15) is 5.82 Å². The van der Waals surface area contributed by atoms with E-state index in [0.29, 0.717) is 19.5 Å². The molecule has 6 heteroatoms. The summed E-state index contributed by atoms with van der Waals surface area (Å²) in [6.07, 6.45) is 6.59. The smallest absolute Gasteiger partial charge is 0.230 e. The van der Waals surface area contributed by atoms with Crippen molar-refractivity contribution in [1.82, 2.24) is 10.3 Å². The minimum atomic E-state index is -0.298. The number of amides is 2. The highest BCUT2D eigenvalue weighted by Crippen LogP contribution is 2.30. The summed E-state index contributed by atoms with van der Waals surface area (Å²) in [5.41, 5.74) is 3.41. The highest BCUT2D eigenvalue weighted by molar-refractivity contribution is 5.95. The van der Waals surface area contributed by atoms with Crippen molar-refractivity contribution in [3.05, 3.63) is 95.6 Å². The molecule has 1 aliphatic rings. The van der Waals surface area contributed by atoms with Gasteiger partial charge in [0.25, 0.3) is 0 Å². The average molecular weight is 460 g/mol. The van der Waals surface area contributed by atoms with Crippen molar-refractivity contribution in [3.63, 3.8) is 0 Å². The molecule has 0 bridgehead atoms. The van der Waals surface area contributed by atoms with Crippen LogP contribution in [0.5, 0.6) is 0 Å².